The molecule has 2 fully saturated rings. The van der Waals surface area contributed by atoms with Gasteiger partial charge in [0.05, 0.1) is 5.92 Å². The average molecular weight is 446 g/mol. The zero-order valence-electron chi connectivity index (χ0n) is 18.9. The Hall–Kier alpha value is -3.75. The predicted molar refractivity (Wildman–Crippen MR) is 124 cm³/mol. The lowest BCUT2D eigenvalue weighted by molar-refractivity contribution is -0.136. The number of hydrogen-bond acceptors (Lipinski definition) is 6. The third-order valence-corrected chi connectivity index (χ3v) is 6.32. The molecule has 2 amide bonds. The molecule has 0 N–H and O–H groups in total. The van der Waals surface area contributed by atoms with Crippen LogP contribution in [0.4, 0.5) is 11.5 Å². The number of rotatable bonds is 4. The van der Waals surface area contributed by atoms with Crippen molar-refractivity contribution in [1.29, 1.82) is 0 Å². The Morgan fingerprint density at radius 1 is 1.00 bits per heavy atom. The number of amides is 2. The molecular weight excluding hydrogens is 418 g/mol. The van der Waals surface area contributed by atoms with Crippen molar-refractivity contribution in [2.45, 2.75) is 20.3 Å². The molecule has 2 aliphatic heterocycles. The highest BCUT2D eigenvalue weighted by atomic mass is 16.2. The molecule has 0 spiro atoms. The van der Waals surface area contributed by atoms with Crippen molar-refractivity contribution in [3.63, 3.8) is 0 Å². The molecule has 33 heavy (non-hydrogen) atoms. The summed E-state index contributed by atoms with van der Waals surface area (Å²) >= 11 is 0. The van der Waals surface area contributed by atoms with E-state index in [0.29, 0.717) is 38.5 Å². The van der Waals surface area contributed by atoms with E-state index in [1.165, 1.54) is 0 Å². The summed E-state index contributed by atoms with van der Waals surface area (Å²) in [6, 6.07) is 9.82. The van der Waals surface area contributed by atoms with Crippen LogP contribution in [0.5, 0.6) is 0 Å². The molecule has 2 aliphatic rings. The Kier molecular flexibility index (Phi) is 5.53. The van der Waals surface area contributed by atoms with Crippen LogP contribution in [0.3, 0.4) is 0 Å². The van der Waals surface area contributed by atoms with Gasteiger partial charge < -0.3 is 14.7 Å². The fourth-order valence-electron chi connectivity index (χ4n) is 4.49. The van der Waals surface area contributed by atoms with E-state index < -0.39 is 0 Å². The minimum atomic E-state index is -0.292. The topological polar surface area (TPSA) is 87.5 Å². The highest BCUT2D eigenvalue weighted by Crippen LogP contribution is 2.27. The van der Waals surface area contributed by atoms with E-state index in [-0.39, 0.29) is 24.2 Å². The van der Waals surface area contributed by atoms with Gasteiger partial charge in [-0.3, -0.25) is 14.2 Å². The minimum absolute atomic E-state index is 0.0133. The molecule has 1 unspecified atom stereocenters. The molecule has 0 radical (unpaired) electrons. The number of carbonyl (C=O) groups is 2. The quantitative estimate of drug-likeness (QED) is 0.610. The fourth-order valence-corrected chi connectivity index (χ4v) is 4.49. The van der Waals surface area contributed by atoms with Gasteiger partial charge in [0.15, 0.2) is 0 Å². The van der Waals surface area contributed by atoms with E-state index in [1.54, 1.807) is 17.4 Å². The summed E-state index contributed by atoms with van der Waals surface area (Å²) in [5.41, 5.74) is 2.01. The molecule has 0 saturated carbocycles. The lowest BCUT2D eigenvalue weighted by Crippen LogP contribution is -2.51. The Bertz CT molecular complexity index is 1150. The summed E-state index contributed by atoms with van der Waals surface area (Å²) in [7, 11) is 0. The molecule has 0 aliphatic carbocycles. The third-order valence-electron chi connectivity index (χ3n) is 6.32. The third kappa shape index (κ3) is 4.30. The second kappa shape index (κ2) is 8.65. The first-order chi connectivity index (χ1) is 16.0. The van der Waals surface area contributed by atoms with Crippen molar-refractivity contribution in [3.05, 3.63) is 60.4 Å². The van der Waals surface area contributed by atoms with Crippen LogP contribution < -0.4 is 9.80 Å². The molecule has 2 saturated heterocycles. The Morgan fingerprint density at radius 2 is 1.73 bits per heavy atom. The molecule has 9 nitrogen and oxygen atoms in total. The molecule has 3 aromatic rings. The molecule has 4 heterocycles. The van der Waals surface area contributed by atoms with Crippen LogP contribution in [0, 0.1) is 19.8 Å². The van der Waals surface area contributed by atoms with Crippen molar-refractivity contribution in [2.75, 3.05) is 42.5 Å². The van der Waals surface area contributed by atoms with E-state index in [0.717, 1.165) is 22.9 Å². The summed E-state index contributed by atoms with van der Waals surface area (Å²) in [6.07, 6.45) is 5.55. The number of benzene rings is 1. The maximum absolute atomic E-state index is 13.2. The van der Waals surface area contributed by atoms with E-state index >= 15 is 0 Å². The number of aromatic nitrogens is 4. The smallest absolute Gasteiger partial charge is 0.228 e. The van der Waals surface area contributed by atoms with Crippen molar-refractivity contribution < 1.29 is 9.59 Å². The fraction of sp³-hybridized carbons (Fsp3) is 0.375. The SMILES string of the molecule is Cc1ccc(N2CC(C(=O)N3CCN(c4cc(-n5ccnc5)nc(C)n4)CC3)CC2=O)cc1. The van der Waals surface area contributed by atoms with E-state index in [2.05, 4.69) is 19.9 Å². The number of nitrogens with zero attached hydrogens (tertiary/aromatic N) is 7. The van der Waals surface area contributed by atoms with Crippen LogP contribution in [0.2, 0.25) is 0 Å². The van der Waals surface area contributed by atoms with Crippen LogP contribution >= 0.6 is 0 Å². The zero-order chi connectivity index (χ0) is 22.9. The van der Waals surface area contributed by atoms with Gasteiger partial charge in [-0.2, -0.15) is 0 Å². The van der Waals surface area contributed by atoms with Crippen molar-refractivity contribution >= 4 is 23.3 Å². The molecule has 2 aromatic heterocycles. The van der Waals surface area contributed by atoms with Gasteiger partial charge >= 0.3 is 0 Å². The minimum Gasteiger partial charge on any atom is -0.353 e. The molecule has 9 heteroatoms. The van der Waals surface area contributed by atoms with Gasteiger partial charge in [0.2, 0.25) is 11.8 Å². The normalized spacial score (nSPS) is 18.8. The summed E-state index contributed by atoms with van der Waals surface area (Å²) in [5.74, 6) is 2.10. The first-order valence-corrected chi connectivity index (χ1v) is 11.2. The Labute approximate surface area is 192 Å². The highest BCUT2D eigenvalue weighted by molar-refractivity contribution is 6.00. The molecule has 5 rings (SSSR count). The number of hydrogen-bond donors (Lipinski definition) is 0. The standard InChI is InChI=1S/C24H27N7O2/c1-17-3-5-20(6-4-17)31-15-19(13-23(31)32)24(33)29-11-9-28(10-12-29)21-14-22(27-18(2)26-21)30-8-7-25-16-30/h3-8,14,16,19H,9-13,15H2,1-2H3. The number of anilines is 2. The Balaban J connectivity index is 1.22. The lowest BCUT2D eigenvalue weighted by atomic mass is 10.1. The molecule has 170 valence electrons. The van der Waals surface area contributed by atoms with E-state index in [1.807, 2.05) is 59.8 Å². The molecule has 1 aromatic carbocycles. The maximum Gasteiger partial charge on any atom is 0.228 e. The van der Waals surface area contributed by atoms with Crippen LogP contribution in [0.1, 0.15) is 17.8 Å². The van der Waals surface area contributed by atoms with Crippen LogP contribution in [-0.2, 0) is 9.59 Å². The summed E-state index contributed by atoms with van der Waals surface area (Å²) in [4.78, 5) is 44.7. The molecule has 0 bridgehead atoms. The van der Waals surface area contributed by atoms with Crippen LogP contribution in [0.15, 0.2) is 49.1 Å². The summed E-state index contributed by atoms with van der Waals surface area (Å²) in [6.45, 7) is 6.93. The van der Waals surface area contributed by atoms with Gasteiger partial charge in [0.1, 0.15) is 23.8 Å². The Morgan fingerprint density at radius 3 is 2.42 bits per heavy atom. The van der Waals surface area contributed by atoms with Crippen molar-refractivity contribution in [2.24, 2.45) is 5.92 Å². The average Bonchev–Trinajstić information content (AvgIpc) is 3.49. The van der Waals surface area contributed by atoms with E-state index in [9.17, 15) is 9.59 Å². The number of aryl methyl sites for hydroxylation is 2. The lowest BCUT2D eigenvalue weighted by Gasteiger charge is -2.36. The first kappa shape index (κ1) is 21.1. The predicted octanol–water partition coefficient (Wildman–Crippen LogP) is 1.98. The van der Waals surface area contributed by atoms with Gasteiger partial charge in [-0.05, 0) is 26.0 Å². The first-order valence-electron chi connectivity index (χ1n) is 11.2. The number of piperazine rings is 1. The maximum atomic E-state index is 13.2. The largest absolute Gasteiger partial charge is 0.353 e. The van der Waals surface area contributed by atoms with Gasteiger partial charge in [-0.25, -0.2) is 15.0 Å². The monoisotopic (exact) mass is 445 g/mol. The molecule has 1 atom stereocenters. The van der Waals surface area contributed by atoms with Gasteiger partial charge in [0.25, 0.3) is 0 Å². The van der Waals surface area contributed by atoms with Crippen molar-refractivity contribution in [3.8, 4) is 5.82 Å². The summed E-state index contributed by atoms with van der Waals surface area (Å²) < 4.78 is 1.86. The van der Waals surface area contributed by atoms with Gasteiger partial charge in [-0.15, -0.1) is 0 Å². The number of carbonyl (C=O) groups excluding carboxylic acids is 2. The highest BCUT2D eigenvalue weighted by Gasteiger charge is 2.38. The second-order valence-electron chi connectivity index (χ2n) is 8.65. The summed E-state index contributed by atoms with van der Waals surface area (Å²) in [5, 5.41) is 0. The van der Waals surface area contributed by atoms with Crippen LogP contribution in [0.25, 0.3) is 5.82 Å². The second-order valence-corrected chi connectivity index (χ2v) is 8.65. The molecular formula is C24H27N7O2. The van der Waals surface area contributed by atoms with E-state index in [4.69, 9.17) is 0 Å². The van der Waals surface area contributed by atoms with Gasteiger partial charge in [-0.1, -0.05) is 17.7 Å². The van der Waals surface area contributed by atoms with Gasteiger partial charge in [0, 0.05) is 63.3 Å². The zero-order valence-corrected chi connectivity index (χ0v) is 18.9. The van der Waals surface area contributed by atoms with Crippen LogP contribution in [-0.4, -0.2) is 69.0 Å². The van der Waals surface area contributed by atoms with Crippen molar-refractivity contribution in [1.82, 2.24) is 24.4 Å². The number of imidazole rings is 1.